The van der Waals surface area contributed by atoms with Crippen molar-refractivity contribution in [1.82, 2.24) is 4.57 Å². The highest BCUT2D eigenvalue weighted by molar-refractivity contribution is 6.36. The average molecular weight is 549 g/mol. The molecule has 0 spiro atoms. The van der Waals surface area contributed by atoms with Crippen LogP contribution in [0.3, 0.4) is 0 Å². The van der Waals surface area contributed by atoms with Gasteiger partial charge in [0.25, 0.3) is 0 Å². The second-order valence-corrected chi connectivity index (χ2v) is 10.2. The Labute approximate surface area is 235 Å². The fourth-order valence-corrected chi connectivity index (χ4v) is 5.68. The molecule has 0 radical (unpaired) electrons. The van der Waals surface area contributed by atoms with Crippen molar-refractivity contribution in [2.45, 2.75) is 6.54 Å². The van der Waals surface area contributed by atoms with Crippen molar-refractivity contribution in [3.63, 3.8) is 0 Å². The normalized spacial score (nSPS) is 11.2. The van der Waals surface area contributed by atoms with Gasteiger partial charge < -0.3 is 10.3 Å². The molecule has 5 aromatic carbocycles. The average Bonchev–Trinajstić information content (AvgIpc) is 3.26. The zero-order chi connectivity index (χ0) is 27.1. The second kappa shape index (κ2) is 10.1. The van der Waals surface area contributed by atoms with E-state index in [0.29, 0.717) is 33.3 Å². The van der Waals surface area contributed by atoms with Gasteiger partial charge in [0, 0.05) is 49.6 Å². The van der Waals surface area contributed by atoms with E-state index in [9.17, 15) is 9.59 Å². The number of hydrogen-bond donors (Lipinski definition) is 1. The summed E-state index contributed by atoms with van der Waals surface area (Å²) in [6.07, 6.45) is 0. The summed E-state index contributed by atoms with van der Waals surface area (Å²) < 4.78 is 2.15. The van der Waals surface area contributed by atoms with E-state index in [-0.39, 0.29) is 5.78 Å². The van der Waals surface area contributed by atoms with Gasteiger partial charge in [-0.1, -0.05) is 96.0 Å². The van der Waals surface area contributed by atoms with Gasteiger partial charge in [-0.15, -0.1) is 0 Å². The summed E-state index contributed by atoms with van der Waals surface area (Å²) in [5.74, 6) is -0.518. The summed E-state index contributed by atoms with van der Waals surface area (Å²) in [5.41, 5.74) is 12.0. The number of nitrogens with two attached hydrogens (primary N) is 1. The molecule has 0 saturated heterocycles. The number of halogens is 2. The molecule has 4 nitrogen and oxygen atoms in total. The maximum absolute atomic E-state index is 13.1. The molecule has 0 aliphatic carbocycles. The van der Waals surface area contributed by atoms with Gasteiger partial charge in [0.1, 0.15) is 0 Å². The molecule has 1 heterocycles. The quantitative estimate of drug-likeness (QED) is 0.213. The molecule has 0 bridgehead atoms. The van der Waals surface area contributed by atoms with Gasteiger partial charge in [-0.25, -0.2) is 0 Å². The van der Waals surface area contributed by atoms with Gasteiger partial charge in [0.2, 0.25) is 5.91 Å². The third-order valence-corrected chi connectivity index (χ3v) is 7.51. The van der Waals surface area contributed by atoms with Crippen LogP contribution >= 0.6 is 23.2 Å². The molecule has 2 N–H and O–H groups in total. The van der Waals surface area contributed by atoms with Gasteiger partial charge in [-0.2, -0.15) is 0 Å². The Morgan fingerprint density at radius 3 is 2.26 bits per heavy atom. The molecular formula is C33H22Cl2N2O2. The summed E-state index contributed by atoms with van der Waals surface area (Å²) in [6, 6.07) is 33.9. The number of nitrogens with zero attached hydrogens (tertiary/aromatic N) is 1. The summed E-state index contributed by atoms with van der Waals surface area (Å²) in [5, 5.41) is 2.82. The lowest BCUT2D eigenvalue weighted by atomic mass is 10.0. The smallest absolute Gasteiger partial charge is 0.249 e. The summed E-state index contributed by atoms with van der Waals surface area (Å²) in [7, 11) is 0. The first-order valence-electron chi connectivity index (χ1n) is 12.4. The maximum Gasteiger partial charge on any atom is 0.249 e. The van der Waals surface area contributed by atoms with E-state index in [1.165, 1.54) is 0 Å². The van der Waals surface area contributed by atoms with E-state index >= 15 is 0 Å². The van der Waals surface area contributed by atoms with Gasteiger partial charge in [-0.05, 0) is 47.5 Å². The molecule has 6 heteroatoms. The second-order valence-electron chi connectivity index (χ2n) is 9.40. The first-order valence-corrected chi connectivity index (χ1v) is 13.1. The lowest BCUT2D eigenvalue weighted by Crippen LogP contribution is -2.11. The van der Waals surface area contributed by atoms with E-state index in [1.807, 2.05) is 91.0 Å². The number of benzene rings is 5. The largest absolute Gasteiger partial charge is 0.366 e. The molecule has 1 aromatic heterocycles. The Hall–Kier alpha value is -4.38. The van der Waals surface area contributed by atoms with Gasteiger partial charge in [-0.3, -0.25) is 9.59 Å². The minimum Gasteiger partial charge on any atom is -0.366 e. The molecule has 6 rings (SSSR count). The molecular weight excluding hydrogens is 527 g/mol. The SMILES string of the molecule is NC(=O)c1cccc2c1c1ccc(-c3ccc(Cl)cc3Cl)cc1n2Cc1cccc(C(=O)c2ccccc2)c1. The zero-order valence-corrected chi connectivity index (χ0v) is 22.2. The fourth-order valence-electron chi connectivity index (χ4n) is 5.16. The van der Waals surface area contributed by atoms with E-state index in [4.69, 9.17) is 28.9 Å². The predicted octanol–water partition coefficient (Wildman–Crippen LogP) is 8.15. The number of primary amides is 1. The molecule has 190 valence electrons. The van der Waals surface area contributed by atoms with Crippen LogP contribution in [0.15, 0.2) is 109 Å². The third-order valence-electron chi connectivity index (χ3n) is 6.96. The van der Waals surface area contributed by atoms with Crippen LogP contribution in [0.4, 0.5) is 0 Å². The molecule has 0 saturated carbocycles. The van der Waals surface area contributed by atoms with E-state index in [1.54, 1.807) is 12.1 Å². The highest BCUT2D eigenvalue weighted by Gasteiger charge is 2.18. The summed E-state index contributed by atoms with van der Waals surface area (Å²) in [4.78, 5) is 25.5. The van der Waals surface area contributed by atoms with Crippen molar-refractivity contribution in [2.75, 3.05) is 0 Å². The Morgan fingerprint density at radius 1 is 0.718 bits per heavy atom. The predicted molar refractivity (Wildman–Crippen MR) is 159 cm³/mol. The zero-order valence-electron chi connectivity index (χ0n) is 20.7. The van der Waals surface area contributed by atoms with Crippen LogP contribution in [0.25, 0.3) is 32.9 Å². The van der Waals surface area contributed by atoms with Crippen molar-refractivity contribution < 1.29 is 9.59 Å². The van der Waals surface area contributed by atoms with Crippen molar-refractivity contribution in [3.8, 4) is 11.1 Å². The van der Waals surface area contributed by atoms with E-state index in [0.717, 1.165) is 38.5 Å². The Kier molecular flexibility index (Phi) is 6.43. The van der Waals surface area contributed by atoms with Crippen LogP contribution < -0.4 is 5.73 Å². The molecule has 39 heavy (non-hydrogen) atoms. The third kappa shape index (κ3) is 4.59. The topological polar surface area (TPSA) is 65.1 Å². The van der Waals surface area contributed by atoms with Crippen LogP contribution in [-0.4, -0.2) is 16.3 Å². The minimum absolute atomic E-state index is 0.0321. The van der Waals surface area contributed by atoms with Crippen LogP contribution in [0.5, 0.6) is 0 Å². The number of aromatic nitrogens is 1. The Morgan fingerprint density at radius 2 is 1.49 bits per heavy atom. The maximum atomic E-state index is 13.1. The highest BCUT2D eigenvalue weighted by atomic mass is 35.5. The summed E-state index contributed by atoms with van der Waals surface area (Å²) in [6.45, 7) is 0.482. The highest BCUT2D eigenvalue weighted by Crippen LogP contribution is 2.37. The first-order chi connectivity index (χ1) is 18.9. The van der Waals surface area contributed by atoms with Gasteiger partial charge in [0.05, 0.1) is 11.0 Å². The van der Waals surface area contributed by atoms with Crippen molar-refractivity contribution in [1.29, 1.82) is 0 Å². The summed E-state index contributed by atoms with van der Waals surface area (Å²) >= 11 is 12.7. The van der Waals surface area contributed by atoms with Crippen LogP contribution in [-0.2, 0) is 6.54 Å². The van der Waals surface area contributed by atoms with Crippen LogP contribution in [0, 0.1) is 0 Å². The van der Waals surface area contributed by atoms with Crippen molar-refractivity contribution in [3.05, 3.63) is 141 Å². The molecule has 0 fully saturated rings. The number of hydrogen-bond acceptors (Lipinski definition) is 2. The van der Waals surface area contributed by atoms with Crippen molar-refractivity contribution >= 4 is 56.7 Å². The number of fused-ring (bicyclic) bond motifs is 3. The molecule has 6 aromatic rings. The fraction of sp³-hybridized carbons (Fsp3) is 0.0303. The van der Waals surface area contributed by atoms with Crippen LogP contribution in [0.2, 0.25) is 10.0 Å². The van der Waals surface area contributed by atoms with Gasteiger partial charge in [0.15, 0.2) is 5.78 Å². The first kappa shape index (κ1) is 24.9. The molecule has 0 aliphatic rings. The van der Waals surface area contributed by atoms with Crippen molar-refractivity contribution in [2.24, 2.45) is 5.73 Å². The lowest BCUT2D eigenvalue weighted by Gasteiger charge is -2.11. The Bertz CT molecular complexity index is 1910. The molecule has 0 aliphatic heterocycles. The minimum atomic E-state index is -0.486. The lowest BCUT2D eigenvalue weighted by molar-refractivity contribution is 0.1000. The monoisotopic (exact) mass is 548 g/mol. The van der Waals surface area contributed by atoms with E-state index < -0.39 is 5.91 Å². The molecule has 1 amide bonds. The van der Waals surface area contributed by atoms with Gasteiger partial charge >= 0.3 is 0 Å². The van der Waals surface area contributed by atoms with E-state index in [2.05, 4.69) is 10.6 Å². The number of ketones is 1. The molecule has 0 atom stereocenters. The number of carbonyl (C=O) groups excluding carboxylic acids is 2. The number of amides is 1. The standard InChI is InChI=1S/C33H22Cl2N2O2/c34-24-13-15-25(28(35)18-24)22-12-14-26-30(17-22)37(29-11-5-10-27(31(26)29)33(36)39)19-20-6-4-9-23(16-20)32(38)21-7-2-1-3-8-21/h1-18H,19H2,(H2,36,39). The van der Waals surface area contributed by atoms with Crippen LogP contribution in [0.1, 0.15) is 31.8 Å². The number of rotatable bonds is 6. The Balaban J connectivity index is 1.53. The molecule has 0 unspecified atom stereocenters. The number of carbonyl (C=O) groups is 2.